The third-order valence-corrected chi connectivity index (χ3v) is 3.58. The fourth-order valence-corrected chi connectivity index (χ4v) is 2.37. The molecule has 0 atom stereocenters. The van der Waals surface area contributed by atoms with Gasteiger partial charge in [-0.15, -0.1) is 0 Å². The summed E-state index contributed by atoms with van der Waals surface area (Å²) in [6.07, 6.45) is 5.54. The molecule has 0 amide bonds. The largest absolute Gasteiger partial charge is 0.492 e. The second kappa shape index (κ2) is 5.23. The van der Waals surface area contributed by atoms with Gasteiger partial charge in [-0.05, 0) is 31.9 Å². The Morgan fingerprint density at radius 2 is 1.82 bits per heavy atom. The van der Waals surface area contributed by atoms with Crippen LogP contribution in [-0.2, 0) is 0 Å². The average molecular weight is 229 g/mol. The fraction of sp³-hybridized carbons (Fsp3) is 0.533. The van der Waals surface area contributed by atoms with E-state index in [0.29, 0.717) is 6.61 Å². The summed E-state index contributed by atoms with van der Waals surface area (Å²) >= 11 is 0. The summed E-state index contributed by atoms with van der Waals surface area (Å²) in [5, 5.41) is 9.33. The van der Waals surface area contributed by atoms with Crippen LogP contribution in [0.1, 0.15) is 37.7 Å². The van der Waals surface area contributed by atoms with Gasteiger partial charge in [0.15, 0.2) is 0 Å². The molecule has 2 nitrogen and oxygen atoms in total. The molecule has 1 aromatic rings. The highest BCUT2D eigenvalue weighted by Crippen LogP contribution is 2.36. The van der Waals surface area contributed by atoms with Crippen LogP contribution in [0.2, 0.25) is 0 Å². The van der Waals surface area contributed by atoms with Crippen molar-refractivity contribution >= 4 is 0 Å². The molecule has 0 radical (unpaired) electrons. The first kappa shape index (κ1) is 12.0. The van der Waals surface area contributed by atoms with Gasteiger partial charge in [0.1, 0.15) is 12.4 Å². The van der Waals surface area contributed by atoms with Crippen molar-refractivity contribution < 1.29 is 4.74 Å². The predicted octanol–water partition coefficient (Wildman–Crippen LogP) is 3.85. The summed E-state index contributed by atoms with van der Waals surface area (Å²) in [7, 11) is 0. The van der Waals surface area contributed by atoms with Crippen LogP contribution in [0, 0.1) is 23.7 Å². The van der Waals surface area contributed by atoms with E-state index in [-0.39, 0.29) is 5.41 Å². The predicted molar refractivity (Wildman–Crippen MR) is 67.8 cm³/mol. The minimum absolute atomic E-state index is 0.247. The minimum atomic E-state index is -0.247. The summed E-state index contributed by atoms with van der Waals surface area (Å²) in [4.78, 5) is 0. The maximum atomic E-state index is 9.33. The van der Waals surface area contributed by atoms with Crippen LogP contribution in [0.3, 0.4) is 0 Å². The molecule has 0 aliphatic heterocycles. The first-order chi connectivity index (χ1) is 8.24. The number of nitrogens with zero attached hydrogens (tertiary/aromatic N) is 1. The lowest BCUT2D eigenvalue weighted by atomic mass is 9.76. The van der Waals surface area contributed by atoms with Crippen molar-refractivity contribution in [1.29, 1.82) is 5.26 Å². The zero-order chi connectivity index (χ0) is 12.1. The number of nitriles is 1. The molecule has 1 fully saturated rings. The first-order valence-corrected chi connectivity index (χ1v) is 6.35. The Kier molecular flexibility index (Phi) is 3.68. The van der Waals surface area contributed by atoms with Gasteiger partial charge >= 0.3 is 0 Å². The molecule has 0 N–H and O–H groups in total. The van der Waals surface area contributed by atoms with Crippen molar-refractivity contribution in [2.75, 3.05) is 6.61 Å². The Balaban J connectivity index is 1.96. The molecule has 0 unspecified atom stereocenters. The van der Waals surface area contributed by atoms with Crippen molar-refractivity contribution in [3.05, 3.63) is 29.8 Å². The Morgan fingerprint density at radius 1 is 1.18 bits per heavy atom. The van der Waals surface area contributed by atoms with Crippen LogP contribution in [0.5, 0.6) is 5.75 Å². The summed E-state index contributed by atoms with van der Waals surface area (Å²) < 4.78 is 5.77. The average Bonchev–Trinajstić information content (AvgIpc) is 2.39. The Bertz CT molecular complexity index is 396. The third kappa shape index (κ3) is 3.00. The first-order valence-electron chi connectivity index (χ1n) is 6.35. The molecule has 0 saturated heterocycles. The molecule has 1 aromatic carbocycles. The van der Waals surface area contributed by atoms with Crippen molar-refractivity contribution in [2.45, 2.75) is 39.0 Å². The van der Waals surface area contributed by atoms with Gasteiger partial charge in [0.2, 0.25) is 0 Å². The van der Waals surface area contributed by atoms with Crippen molar-refractivity contribution in [2.24, 2.45) is 5.41 Å². The van der Waals surface area contributed by atoms with E-state index in [2.05, 4.69) is 13.0 Å². The molecule has 0 spiro atoms. The number of rotatable bonds is 3. The molecule has 17 heavy (non-hydrogen) atoms. The zero-order valence-corrected chi connectivity index (χ0v) is 10.4. The highest BCUT2D eigenvalue weighted by Gasteiger charge is 2.32. The van der Waals surface area contributed by atoms with Gasteiger partial charge in [0.25, 0.3) is 0 Å². The van der Waals surface area contributed by atoms with E-state index in [0.717, 1.165) is 31.4 Å². The van der Waals surface area contributed by atoms with Crippen LogP contribution >= 0.6 is 0 Å². The summed E-state index contributed by atoms with van der Waals surface area (Å²) in [6.45, 7) is 2.59. The standard InChI is InChI=1S/C15H19NO/c1-13-5-7-14(8-6-13)17-12-15(11-16)9-3-2-4-10-15/h5-8H,2-4,9-10,12H2,1H3. The molecule has 1 saturated carbocycles. The molecule has 0 bridgehead atoms. The van der Waals surface area contributed by atoms with Gasteiger partial charge in [-0.2, -0.15) is 5.26 Å². The van der Waals surface area contributed by atoms with E-state index in [1.54, 1.807) is 0 Å². The van der Waals surface area contributed by atoms with Gasteiger partial charge in [-0.25, -0.2) is 0 Å². The second-order valence-electron chi connectivity index (χ2n) is 5.05. The van der Waals surface area contributed by atoms with E-state index in [9.17, 15) is 5.26 Å². The topological polar surface area (TPSA) is 33.0 Å². The van der Waals surface area contributed by atoms with Crippen LogP contribution < -0.4 is 4.74 Å². The Labute approximate surface area is 103 Å². The molecule has 1 aliphatic rings. The van der Waals surface area contributed by atoms with E-state index in [4.69, 9.17) is 4.74 Å². The van der Waals surface area contributed by atoms with Gasteiger partial charge in [-0.1, -0.05) is 37.0 Å². The lowest BCUT2D eigenvalue weighted by Crippen LogP contribution is -2.29. The SMILES string of the molecule is Cc1ccc(OCC2(C#N)CCCCC2)cc1. The monoisotopic (exact) mass is 229 g/mol. The van der Waals surface area contributed by atoms with E-state index < -0.39 is 0 Å². The molecule has 2 rings (SSSR count). The maximum absolute atomic E-state index is 9.33. The van der Waals surface area contributed by atoms with E-state index >= 15 is 0 Å². The van der Waals surface area contributed by atoms with Crippen LogP contribution in [0.15, 0.2) is 24.3 Å². The molecular weight excluding hydrogens is 210 g/mol. The minimum Gasteiger partial charge on any atom is -0.492 e. The molecular formula is C15H19NO. The van der Waals surface area contributed by atoms with E-state index in [1.807, 2.05) is 24.3 Å². The van der Waals surface area contributed by atoms with Crippen LogP contribution in [0.25, 0.3) is 0 Å². The third-order valence-electron chi connectivity index (χ3n) is 3.58. The van der Waals surface area contributed by atoms with Crippen LogP contribution in [0.4, 0.5) is 0 Å². The smallest absolute Gasteiger partial charge is 0.119 e. The van der Waals surface area contributed by atoms with E-state index in [1.165, 1.54) is 12.0 Å². The zero-order valence-electron chi connectivity index (χ0n) is 10.4. The number of ether oxygens (including phenoxy) is 1. The molecule has 0 aromatic heterocycles. The van der Waals surface area contributed by atoms with Crippen molar-refractivity contribution in [1.82, 2.24) is 0 Å². The fourth-order valence-electron chi connectivity index (χ4n) is 2.37. The Hall–Kier alpha value is -1.49. The summed E-state index contributed by atoms with van der Waals surface area (Å²) in [5.74, 6) is 0.871. The molecule has 90 valence electrons. The highest BCUT2D eigenvalue weighted by molar-refractivity contribution is 5.26. The lowest BCUT2D eigenvalue weighted by molar-refractivity contribution is 0.150. The number of aryl methyl sites for hydroxylation is 1. The highest BCUT2D eigenvalue weighted by atomic mass is 16.5. The molecule has 1 aliphatic carbocycles. The van der Waals surface area contributed by atoms with Gasteiger partial charge in [-0.3, -0.25) is 0 Å². The normalized spacial score (nSPS) is 18.4. The quantitative estimate of drug-likeness (QED) is 0.788. The van der Waals surface area contributed by atoms with Gasteiger partial charge < -0.3 is 4.74 Å². The van der Waals surface area contributed by atoms with Crippen LogP contribution in [-0.4, -0.2) is 6.61 Å². The second-order valence-corrected chi connectivity index (χ2v) is 5.05. The van der Waals surface area contributed by atoms with Crippen molar-refractivity contribution in [3.63, 3.8) is 0 Å². The summed E-state index contributed by atoms with van der Waals surface area (Å²) in [6, 6.07) is 10.5. The number of benzene rings is 1. The summed E-state index contributed by atoms with van der Waals surface area (Å²) in [5.41, 5.74) is 0.980. The van der Waals surface area contributed by atoms with Gasteiger partial charge in [0.05, 0.1) is 11.5 Å². The maximum Gasteiger partial charge on any atom is 0.119 e. The number of hydrogen-bond donors (Lipinski definition) is 0. The number of hydrogen-bond acceptors (Lipinski definition) is 2. The Morgan fingerprint density at radius 3 is 2.41 bits per heavy atom. The molecule has 2 heteroatoms. The van der Waals surface area contributed by atoms with Crippen molar-refractivity contribution in [3.8, 4) is 11.8 Å². The molecule has 0 heterocycles. The van der Waals surface area contributed by atoms with Gasteiger partial charge in [0, 0.05) is 0 Å². The lowest BCUT2D eigenvalue weighted by Gasteiger charge is -2.30.